The molecule has 6 nitrogen and oxygen atoms in total. The Hall–Kier alpha value is -1.21. The van der Waals surface area contributed by atoms with Crippen molar-refractivity contribution in [3.8, 4) is 11.5 Å². The number of ether oxygens (including phenoxy) is 2. The molecule has 0 bridgehead atoms. The zero-order valence-electron chi connectivity index (χ0n) is 14.9. The van der Waals surface area contributed by atoms with Gasteiger partial charge in [0.05, 0.1) is 12.6 Å². The Balaban J connectivity index is 0. The fourth-order valence-corrected chi connectivity index (χ4v) is 1.69. The zero-order valence-corrected chi connectivity index (χ0v) is 16.6. The number of nitrogens with zero attached hydrogens (tertiary/aromatic N) is 1. The first-order valence-corrected chi connectivity index (χ1v) is 7.25. The summed E-state index contributed by atoms with van der Waals surface area (Å²) in [7, 11) is 5.58. The Bertz CT molecular complexity index is 506. The van der Waals surface area contributed by atoms with Gasteiger partial charge in [-0.25, -0.2) is 0 Å². The van der Waals surface area contributed by atoms with E-state index in [0.717, 1.165) is 12.1 Å². The van der Waals surface area contributed by atoms with Gasteiger partial charge in [0.2, 0.25) is 5.91 Å². The molecule has 1 aromatic rings. The first-order valence-electron chi connectivity index (χ1n) is 7.25. The van der Waals surface area contributed by atoms with Crippen molar-refractivity contribution in [3.63, 3.8) is 0 Å². The van der Waals surface area contributed by atoms with Crippen LogP contribution in [0.2, 0.25) is 0 Å². The molecule has 24 heavy (non-hydrogen) atoms. The summed E-state index contributed by atoms with van der Waals surface area (Å²) >= 11 is 0. The molecular weight excluding hydrogens is 353 g/mol. The van der Waals surface area contributed by atoms with Gasteiger partial charge in [0.1, 0.15) is 6.61 Å². The highest BCUT2D eigenvalue weighted by Crippen LogP contribution is 2.28. The first-order chi connectivity index (χ1) is 10.2. The number of hydrogen-bond acceptors (Lipinski definition) is 5. The molecule has 0 spiro atoms. The third kappa shape index (κ3) is 8.59. The summed E-state index contributed by atoms with van der Waals surface area (Å²) in [6.07, 6.45) is 0. The molecule has 0 aliphatic heterocycles. The van der Waals surface area contributed by atoms with E-state index in [4.69, 9.17) is 15.2 Å². The minimum Gasteiger partial charge on any atom is -0.493 e. The van der Waals surface area contributed by atoms with E-state index in [1.807, 2.05) is 37.2 Å². The number of rotatable bonds is 8. The van der Waals surface area contributed by atoms with Gasteiger partial charge in [-0.3, -0.25) is 4.79 Å². The van der Waals surface area contributed by atoms with E-state index < -0.39 is 5.54 Å². The van der Waals surface area contributed by atoms with E-state index in [1.165, 1.54) is 0 Å². The van der Waals surface area contributed by atoms with Gasteiger partial charge in [-0.2, -0.15) is 0 Å². The molecule has 8 heteroatoms. The number of carbonyl (C=O) groups is 1. The second-order valence-corrected chi connectivity index (χ2v) is 6.04. The molecule has 0 saturated carbocycles. The zero-order chi connectivity index (χ0) is 16.8. The Morgan fingerprint density at radius 1 is 1.25 bits per heavy atom. The van der Waals surface area contributed by atoms with Crippen molar-refractivity contribution >= 4 is 30.7 Å². The number of amides is 1. The Labute approximate surface area is 156 Å². The molecule has 0 fully saturated rings. The molecule has 0 unspecified atom stereocenters. The van der Waals surface area contributed by atoms with Crippen molar-refractivity contribution in [3.05, 3.63) is 23.8 Å². The van der Waals surface area contributed by atoms with Crippen LogP contribution < -0.4 is 20.5 Å². The van der Waals surface area contributed by atoms with Crippen LogP contribution in [0.15, 0.2) is 18.2 Å². The number of methoxy groups -OCH3 is 1. The van der Waals surface area contributed by atoms with E-state index in [-0.39, 0.29) is 30.7 Å². The smallest absolute Gasteiger partial charge is 0.239 e. The average Bonchev–Trinajstić information content (AvgIpc) is 2.44. The normalized spacial score (nSPS) is 10.5. The highest BCUT2D eigenvalue weighted by Gasteiger charge is 2.21. The Morgan fingerprint density at radius 2 is 1.88 bits per heavy atom. The lowest BCUT2D eigenvalue weighted by molar-refractivity contribution is -0.125. The van der Waals surface area contributed by atoms with Crippen LogP contribution in [0.25, 0.3) is 0 Å². The van der Waals surface area contributed by atoms with Crippen LogP contribution in [0.4, 0.5) is 0 Å². The van der Waals surface area contributed by atoms with E-state index in [2.05, 4.69) is 5.32 Å². The molecule has 0 saturated heterocycles. The summed E-state index contributed by atoms with van der Waals surface area (Å²) in [6.45, 7) is 5.15. The van der Waals surface area contributed by atoms with Gasteiger partial charge in [-0.15, -0.1) is 24.8 Å². The van der Waals surface area contributed by atoms with E-state index in [9.17, 15) is 4.79 Å². The lowest BCUT2D eigenvalue weighted by atomic mass is 10.1. The molecule has 0 heterocycles. The Morgan fingerprint density at radius 3 is 2.38 bits per heavy atom. The van der Waals surface area contributed by atoms with Gasteiger partial charge in [0.25, 0.3) is 0 Å². The topological polar surface area (TPSA) is 76.8 Å². The average molecular weight is 382 g/mol. The maximum absolute atomic E-state index is 11.8. The van der Waals surface area contributed by atoms with Crippen molar-refractivity contribution in [2.45, 2.75) is 25.9 Å². The van der Waals surface area contributed by atoms with Crippen LogP contribution >= 0.6 is 24.8 Å². The van der Waals surface area contributed by atoms with E-state index in [1.54, 1.807) is 21.0 Å². The summed E-state index contributed by atoms with van der Waals surface area (Å²) in [4.78, 5) is 13.8. The maximum atomic E-state index is 11.8. The SMILES string of the molecule is COc1cc(CNC(=O)C(C)(C)N)ccc1OCCN(C)C.Cl.Cl. The summed E-state index contributed by atoms with van der Waals surface area (Å²) in [6, 6.07) is 5.61. The Kier molecular flexibility index (Phi) is 11.9. The molecule has 0 aromatic heterocycles. The van der Waals surface area contributed by atoms with Gasteiger partial charge in [0.15, 0.2) is 11.5 Å². The number of nitrogens with two attached hydrogens (primary N) is 1. The lowest BCUT2D eigenvalue weighted by Gasteiger charge is -2.18. The van der Waals surface area contributed by atoms with Crippen LogP contribution in [0.1, 0.15) is 19.4 Å². The number of benzene rings is 1. The van der Waals surface area contributed by atoms with Gasteiger partial charge in [-0.05, 0) is 45.6 Å². The molecule has 0 atom stereocenters. The summed E-state index contributed by atoms with van der Waals surface area (Å²) in [5.74, 6) is 1.15. The number of carbonyl (C=O) groups excluding carboxylic acids is 1. The maximum Gasteiger partial charge on any atom is 0.239 e. The quantitative estimate of drug-likeness (QED) is 0.718. The number of hydrogen-bond donors (Lipinski definition) is 2. The van der Waals surface area contributed by atoms with Crippen molar-refractivity contribution in [2.75, 3.05) is 34.4 Å². The van der Waals surface area contributed by atoms with E-state index >= 15 is 0 Å². The molecule has 3 N–H and O–H groups in total. The highest BCUT2D eigenvalue weighted by atomic mass is 35.5. The van der Waals surface area contributed by atoms with Gasteiger partial charge < -0.3 is 25.4 Å². The third-order valence-electron chi connectivity index (χ3n) is 3.06. The van der Waals surface area contributed by atoms with Crippen LogP contribution in [-0.2, 0) is 11.3 Å². The molecule has 140 valence electrons. The van der Waals surface area contributed by atoms with E-state index in [0.29, 0.717) is 24.7 Å². The summed E-state index contributed by atoms with van der Waals surface area (Å²) < 4.78 is 11.0. The molecule has 1 rings (SSSR count). The second kappa shape index (κ2) is 11.4. The van der Waals surface area contributed by atoms with Crippen LogP contribution in [0.5, 0.6) is 11.5 Å². The summed E-state index contributed by atoms with van der Waals surface area (Å²) in [5, 5.41) is 2.80. The number of likely N-dealkylation sites (N-methyl/N-ethyl adjacent to an activating group) is 1. The van der Waals surface area contributed by atoms with Gasteiger partial charge in [0, 0.05) is 13.1 Å². The van der Waals surface area contributed by atoms with Crippen LogP contribution in [0.3, 0.4) is 0 Å². The predicted molar refractivity (Wildman–Crippen MR) is 102 cm³/mol. The molecule has 0 aliphatic rings. The highest BCUT2D eigenvalue weighted by molar-refractivity contribution is 5.86. The van der Waals surface area contributed by atoms with Crippen molar-refractivity contribution in [1.82, 2.24) is 10.2 Å². The van der Waals surface area contributed by atoms with Crippen LogP contribution in [-0.4, -0.2) is 50.7 Å². The van der Waals surface area contributed by atoms with Crippen molar-refractivity contribution < 1.29 is 14.3 Å². The molecule has 1 amide bonds. The fraction of sp³-hybridized carbons (Fsp3) is 0.562. The second-order valence-electron chi connectivity index (χ2n) is 6.04. The number of nitrogens with one attached hydrogen (secondary N) is 1. The fourth-order valence-electron chi connectivity index (χ4n) is 1.69. The largest absolute Gasteiger partial charge is 0.493 e. The van der Waals surface area contributed by atoms with Gasteiger partial charge >= 0.3 is 0 Å². The number of halogens is 2. The minimum atomic E-state index is -0.890. The monoisotopic (exact) mass is 381 g/mol. The van der Waals surface area contributed by atoms with Crippen LogP contribution in [0, 0.1) is 0 Å². The third-order valence-corrected chi connectivity index (χ3v) is 3.06. The molecular formula is C16H29Cl2N3O3. The molecule has 0 radical (unpaired) electrons. The standard InChI is InChI=1S/C16H27N3O3.2ClH/c1-16(2,17)15(20)18-11-12-6-7-13(14(10-12)21-5)22-9-8-19(3)4;;/h6-7,10H,8-9,11,17H2,1-5H3,(H,18,20);2*1H. The minimum absolute atomic E-state index is 0. The first kappa shape index (κ1) is 25.0. The molecule has 0 aliphatic carbocycles. The molecule has 1 aromatic carbocycles. The summed E-state index contributed by atoms with van der Waals surface area (Å²) in [5.41, 5.74) is 5.78. The van der Waals surface area contributed by atoms with Gasteiger partial charge in [-0.1, -0.05) is 6.07 Å². The van der Waals surface area contributed by atoms with Crippen molar-refractivity contribution in [1.29, 1.82) is 0 Å². The van der Waals surface area contributed by atoms with Crippen molar-refractivity contribution in [2.24, 2.45) is 5.73 Å². The lowest BCUT2D eigenvalue weighted by Crippen LogP contribution is -2.48. The predicted octanol–water partition coefficient (Wildman–Crippen LogP) is 1.83.